The first kappa shape index (κ1) is 13.9. The average molecular weight is 290 g/mol. The molecule has 1 fully saturated rings. The van der Waals surface area contributed by atoms with Crippen LogP contribution in [0.3, 0.4) is 0 Å². The van der Waals surface area contributed by atoms with Gasteiger partial charge in [-0.1, -0.05) is 0 Å². The van der Waals surface area contributed by atoms with E-state index in [0.717, 1.165) is 16.7 Å². The number of hydrogen-bond acceptors (Lipinski definition) is 4. The van der Waals surface area contributed by atoms with E-state index in [1.165, 1.54) is 0 Å². The Bertz CT molecular complexity index is 652. The highest BCUT2D eigenvalue weighted by Gasteiger charge is 2.21. The summed E-state index contributed by atoms with van der Waals surface area (Å²) >= 11 is 0. The summed E-state index contributed by atoms with van der Waals surface area (Å²) in [5.74, 6) is 0.835. The Balaban J connectivity index is 1.72. The van der Waals surface area contributed by atoms with E-state index in [0.29, 0.717) is 18.8 Å². The molecule has 6 nitrogen and oxygen atoms in total. The van der Waals surface area contributed by atoms with Crippen molar-refractivity contribution in [3.8, 4) is 0 Å². The third-order valence-electron chi connectivity index (χ3n) is 3.42. The molecule has 3 rings (SSSR count). The van der Waals surface area contributed by atoms with Gasteiger partial charge in [-0.2, -0.15) is 0 Å². The number of fused-ring (bicyclic) bond motifs is 1. The maximum atomic E-state index is 12.2. The molecule has 2 amide bonds. The third kappa shape index (κ3) is 3.17. The lowest BCUT2D eigenvalue weighted by Gasteiger charge is -2.21. The second kappa shape index (κ2) is 5.75. The van der Waals surface area contributed by atoms with Crippen LogP contribution < -0.4 is 5.32 Å². The summed E-state index contributed by atoms with van der Waals surface area (Å²) in [6.45, 7) is 3.33. The van der Waals surface area contributed by atoms with Gasteiger partial charge in [0.25, 0.3) is 0 Å². The van der Waals surface area contributed by atoms with Gasteiger partial charge in [-0.15, -0.1) is 0 Å². The Hall–Kier alpha value is -2.05. The highest BCUT2D eigenvalue weighted by Crippen LogP contribution is 2.22. The quantitative estimate of drug-likeness (QED) is 0.842. The van der Waals surface area contributed by atoms with Crippen molar-refractivity contribution in [2.75, 3.05) is 31.6 Å². The standard InChI is InChI=1S/C15H18N2O4/c1-10-6-11-7-12(2-3-14(11)21-10)16-15(19)17-4-5-20-9-13(18)8-17/h2-3,6-7,13,18H,4-5,8-9H2,1H3,(H,16,19)/t13-/m1/s1. The number of ether oxygens (including phenoxy) is 1. The summed E-state index contributed by atoms with van der Waals surface area (Å²) in [7, 11) is 0. The van der Waals surface area contributed by atoms with Crippen molar-refractivity contribution in [3.63, 3.8) is 0 Å². The summed E-state index contributed by atoms with van der Waals surface area (Å²) < 4.78 is 10.7. The highest BCUT2D eigenvalue weighted by molar-refractivity contribution is 5.92. The van der Waals surface area contributed by atoms with E-state index in [2.05, 4.69) is 5.32 Å². The first-order chi connectivity index (χ1) is 10.1. The lowest BCUT2D eigenvalue weighted by molar-refractivity contribution is 0.0575. The minimum Gasteiger partial charge on any atom is -0.461 e. The number of hydrogen-bond donors (Lipinski definition) is 2. The minimum atomic E-state index is -0.641. The van der Waals surface area contributed by atoms with Gasteiger partial charge in [0.05, 0.1) is 25.9 Å². The summed E-state index contributed by atoms with van der Waals surface area (Å²) in [6.07, 6.45) is -0.641. The second-order valence-corrected chi connectivity index (χ2v) is 5.21. The van der Waals surface area contributed by atoms with Crippen molar-refractivity contribution in [2.45, 2.75) is 13.0 Å². The average Bonchev–Trinajstić information content (AvgIpc) is 2.66. The largest absolute Gasteiger partial charge is 0.461 e. The van der Waals surface area contributed by atoms with Crippen LogP contribution in [0, 0.1) is 6.92 Å². The Labute approximate surface area is 122 Å². The van der Waals surface area contributed by atoms with Gasteiger partial charge in [-0.25, -0.2) is 4.79 Å². The molecule has 21 heavy (non-hydrogen) atoms. The van der Waals surface area contributed by atoms with Gasteiger partial charge in [0, 0.05) is 17.6 Å². The normalized spacial score (nSPS) is 19.5. The zero-order valence-electron chi connectivity index (χ0n) is 11.8. The molecule has 6 heteroatoms. The highest BCUT2D eigenvalue weighted by atomic mass is 16.5. The molecule has 2 aromatic rings. The molecular weight excluding hydrogens is 272 g/mol. The lowest BCUT2D eigenvalue weighted by Crippen LogP contribution is -2.40. The van der Waals surface area contributed by atoms with Gasteiger partial charge in [0.1, 0.15) is 11.3 Å². The third-order valence-corrected chi connectivity index (χ3v) is 3.42. The fourth-order valence-corrected chi connectivity index (χ4v) is 2.43. The maximum absolute atomic E-state index is 12.2. The van der Waals surface area contributed by atoms with Crippen molar-refractivity contribution < 1.29 is 19.1 Å². The van der Waals surface area contributed by atoms with Gasteiger partial charge >= 0.3 is 6.03 Å². The molecule has 0 bridgehead atoms. The number of urea groups is 1. The molecule has 0 saturated carbocycles. The van der Waals surface area contributed by atoms with Gasteiger partial charge < -0.3 is 24.5 Å². The molecule has 1 aromatic heterocycles. The number of rotatable bonds is 1. The zero-order valence-corrected chi connectivity index (χ0v) is 11.8. The van der Waals surface area contributed by atoms with Crippen LogP contribution in [-0.4, -0.2) is 48.4 Å². The fraction of sp³-hybridized carbons (Fsp3) is 0.400. The number of nitrogens with one attached hydrogen (secondary N) is 1. The molecule has 0 unspecified atom stereocenters. The van der Waals surface area contributed by atoms with Crippen LogP contribution in [0.1, 0.15) is 5.76 Å². The summed E-state index contributed by atoms with van der Waals surface area (Å²) in [4.78, 5) is 13.8. The number of aliphatic hydroxyl groups is 1. The second-order valence-electron chi connectivity index (χ2n) is 5.21. The fourth-order valence-electron chi connectivity index (χ4n) is 2.43. The van der Waals surface area contributed by atoms with E-state index in [1.54, 1.807) is 11.0 Å². The predicted molar refractivity (Wildman–Crippen MR) is 78.4 cm³/mol. The van der Waals surface area contributed by atoms with Crippen molar-refractivity contribution in [2.24, 2.45) is 0 Å². The molecule has 0 aliphatic carbocycles. The van der Waals surface area contributed by atoms with Crippen LogP contribution >= 0.6 is 0 Å². The van der Waals surface area contributed by atoms with E-state index in [4.69, 9.17) is 9.15 Å². The Morgan fingerprint density at radius 1 is 1.43 bits per heavy atom. The number of nitrogens with zero attached hydrogens (tertiary/aromatic N) is 1. The van der Waals surface area contributed by atoms with E-state index in [-0.39, 0.29) is 19.2 Å². The number of aryl methyl sites for hydroxylation is 1. The number of β-amino-alcohol motifs (C(OH)–C–C–N with tert-alkyl or cyclic N) is 1. The summed E-state index contributed by atoms with van der Waals surface area (Å²) in [5, 5.41) is 13.4. The van der Waals surface area contributed by atoms with Crippen molar-refractivity contribution in [1.29, 1.82) is 0 Å². The van der Waals surface area contributed by atoms with E-state index in [1.807, 2.05) is 25.1 Å². The molecule has 1 aliphatic rings. The molecule has 2 heterocycles. The summed E-state index contributed by atoms with van der Waals surface area (Å²) in [5.41, 5.74) is 1.50. The Morgan fingerprint density at radius 3 is 3.14 bits per heavy atom. The smallest absolute Gasteiger partial charge is 0.322 e. The number of aliphatic hydroxyl groups excluding tert-OH is 1. The number of benzene rings is 1. The number of furan rings is 1. The van der Waals surface area contributed by atoms with E-state index < -0.39 is 6.10 Å². The van der Waals surface area contributed by atoms with Gasteiger partial charge in [0.15, 0.2) is 0 Å². The number of carbonyl (C=O) groups excluding carboxylic acids is 1. The topological polar surface area (TPSA) is 74.9 Å². The van der Waals surface area contributed by atoms with Crippen molar-refractivity contribution in [3.05, 3.63) is 30.0 Å². The Kier molecular flexibility index (Phi) is 3.81. The van der Waals surface area contributed by atoms with Gasteiger partial charge in [0.2, 0.25) is 0 Å². The van der Waals surface area contributed by atoms with Crippen LogP contribution in [0.15, 0.2) is 28.7 Å². The number of anilines is 1. The van der Waals surface area contributed by atoms with Crippen LogP contribution in [-0.2, 0) is 4.74 Å². The monoisotopic (exact) mass is 290 g/mol. The first-order valence-corrected chi connectivity index (χ1v) is 6.94. The number of amides is 2. The molecule has 1 atom stereocenters. The maximum Gasteiger partial charge on any atom is 0.322 e. The van der Waals surface area contributed by atoms with E-state index in [9.17, 15) is 9.90 Å². The first-order valence-electron chi connectivity index (χ1n) is 6.94. The SMILES string of the molecule is Cc1cc2cc(NC(=O)N3CCOC[C@H](O)C3)ccc2o1. The molecule has 1 aliphatic heterocycles. The van der Waals surface area contributed by atoms with Crippen LogP contribution in [0.5, 0.6) is 0 Å². The van der Waals surface area contributed by atoms with Crippen molar-refractivity contribution in [1.82, 2.24) is 4.90 Å². The van der Waals surface area contributed by atoms with Crippen LogP contribution in [0.4, 0.5) is 10.5 Å². The minimum absolute atomic E-state index is 0.237. The molecule has 1 aromatic carbocycles. The van der Waals surface area contributed by atoms with Gasteiger partial charge in [-0.05, 0) is 31.2 Å². The molecule has 112 valence electrons. The molecule has 0 radical (unpaired) electrons. The van der Waals surface area contributed by atoms with E-state index >= 15 is 0 Å². The molecule has 1 saturated heterocycles. The molecular formula is C15H18N2O4. The predicted octanol–water partition coefficient (Wildman–Crippen LogP) is 1.97. The number of carbonyl (C=O) groups is 1. The lowest BCUT2D eigenvalue weighted by atomic mass is 10.2. The van der Waals surface area contributed by atoms with Crippen LogP contribution in [0.25, 0.3) is 11.0 Å². The zero-order chi connectivity index (χ0) is 14.8. The molecule has 2 N–H and O–H groups in total. The Morgan fingerprint density at radius 2 is 2.29 bits per heavy atom. The molecule has 0 spiro atoms. The van der Waals surface area contributed by atoms with Crippen LogP contribution in [0.2, 0.25) is 0 Å². The van der Waals surface area contributed by atoms with Crippen molar-refractivity contribution >= 4 is 22.7 Å². The van der Waals surface area contributed by atoms with Gasteiger partial charge in [-0.3, -0.25) is 0 Å². The summed E-state index contributed by atoms with van der Waals surface area (Å²) in [6, 6.07) is 7.19.